The summed E-state index contributed by atoms with van der Waals surface area (Å²) in [5.74, 6) is 0.693. The van der Waals surface area contributed by atoms with Crippen molar-refractivity contribution in [2.24, 2.45) is 0 Å². The van der Waals surface area contributed by atoms with E-state index in [1.54, 1.807) is 12.0 Å². The molecule has 0 saturated heterocycles. The smallest absolute Gasteiger partial charge is 0.264 e. The van der Waals surface area contributed by atoms with Crippen LogP contribution in [-0.4, -0.2) is 36.2 Å². The van der Waals surface area contributed by atoms with Crippen molar-refractivity contribution < 1.29 is 14.6 Å². The van der Waals surface area contributed by atoms with Gasteiger partial charge in [0.2, 0.25) is 0 Å². The van der Waals surface area contributed by atoms with Crippen LogP contribution in [0.4, 0.5) is 0 Å². The molecule has 1 heterocycles. The quantitative estimate of drug-likeness (QED) is 0.890. The molecule has 0 spiro atoms. The largest absolute Gasteiger partial charge is 0.496 e. The molecule has 0 fully saturated rings. The number of thiophene rings is 1. The van der Waals surface area contributed by atoms with Gasteiger partial charge >= 0.3 is 0 Å². The predicted molar refractivity (Wildman–Crippen MR) is 88.6 cm³/mol. The van der Waals surface area contributed by atoms with Gasteiger partial charge in [-0.1, -0.05) is 18.2 Å². The van der Waals surface area contributed by atoms with Gasteiger partial charge in [0.25, 0.3) is 5.91 Å². The Kier molecular flexibility index (Phi) is 5.57. The first-order chi connectivity index (χ1) is 10.6. The molecule has 5 heteroatoms. The highest BCUT2D eigenvalue weighted by molar-refractivity contribution is 7.14. The van der Waals surface area contributed by atoms with Gasteiger partial charge < -0.3 is 14.7 Å². The Balaban J connectivity index is 2.24. The first kappa shape index (κ1) is 16.5. The van der Waals surface area contributed by atoms with Gasteiger partial charge in [0.1, 0.15) is 5.75 Å². The second-order valence-corrected chi connectivity index (χ2v) is 6.37. The van der Waals surface area contributed by atoms with E-state index in [9.17, 15) is 9.90 Å². The third-order valence-corrected chi connectivity index (χ3v) is 4.73. The van der Waals surface area contributed by atoms with Crippen LogP contribution >= 0.6 is 11.3 Å². The maximum atomic E-state index is 12.7. The van der Waals surface area contributed by atoms with E-state index in [-0.39, 0.29) is 12.5 Å². The Morgan fingerprint density at radius 1 is 1.32 bits per heavy atom. The summed E-state index contributed by atoms with van der Waals surface area (Å²) in [6.07, 6.45) is 0. The van der Waals surface area contributed by atoms with Gasteiger partial charge in [0.15, 0.2) is 0 Å². The van der Waals surface area contributed by atoms with Gasteiger partial charge in [-0.2, -0.15) is 0 Å². The highest BCUT2D eigenvalue weighted by Crippen LogP contribution is 2.24. The van der Waals surface area contributed by atoms with Gasteiger partial charge in [-0.05, 0) is 31.5 Å². The highest BCUT2D eigenvalue weighted by Gasteiger charge is 2.19. The van der Waals surface area contributed by atoms with E-state index >= 15 is 0 Å². The van der Waals surface area contributed by atoms with E-state index in [1.165, 1.54) is 11.3 Å². The first-order valence-electron chi connectivity index (χ1n) is 7.16. The van der Waals surface area contributed by atoms with Crippen molar-refractivity contribution in [3.05, 3.63) is 51.2 Å². The molecule has 0 atom stereocenters. The Bertz CT molecular complexity index is 632. The van der Waals surface area contributed by atoms with Gasteiger partial charge in [0.05, 0.1) is 18.6 Å². The number of carbonyl (C=O) groups excluding carboxylic acids is 1. The second-order valence-electron chi connectivity index (χ2n) is 5.11. The fourth-order valence-electron chi connectivity index (χ4n) is 2.25. The van der Waals surface area contributed by atoms with Crippen LogP contribution in [0.25, 0.3) is 0 Å². The molecule has 1 N–H and O–H groups in total. The zero-order valence-corrected chi connectivity index (χ0v) is 13.9. The SMILES string of the molecule is COc1ccccc1CN(CCO)C(=O)c1cc(C)c(C)s1. The summed E-state index contributed by atoms with van der Waals surface area (Å²) >= 11 is 1.49. The number of amides is 1. The molecular formula is C17H21NO3S. The molecule has 0 saturated carbocycles. The zero-order chi connectivity index (χ0) is 16.1. The van der Waals surface area contributed by atoms with Crippen molar-refractivity contribution in [1.82, 2.24) is 4.90 Å². The van der Waals surface area contributed by atoms with Gasteiger partial charge in [-0.15, -0.1) is 11.3 Å². The lowest BCUT2D eigenvalue weighted by atomic mass is 10.2. The van der Waals surface area contributed by atoms with Crippen LogP contribution in [0.5, 0.6) is 5.75 Å². The minimum Gasteiger partial charge on any atom is -0.496 e. The summed E-state index contributed by atoms with van der Waals surface area (Å²) in [4.78, 5) is 16.2. The van der Waals surface area contributed by atoms with Crippen molar-refractivity contribution in [1.29, 1.82) is 0 Å². The number of methoxy groups -OCH3 is 1. The third-order valence-electron chi connectivity index (χ3n) is 3.59. The van der Waals surface area contributed by atoms with Crippen molar-refractivity contribution in [3.8, 4) is 5.75 Å². The van der Waals surface area contributed by atoms with Crippen LogP contribution < -0.4 is 4.74 Å². The highest BCUT2D eigenvalue weighted by atomic mass is 32.1. The lowest BCUT2D eigenvalue weighted by molar-refractivity contribution is 0.0711. The molecule has 2 rings (SSSR count). The average Bonchev–Trinajstić information content (AvgIpc) is 2.86. The van der Waals surface area contributed by atoms with Crippen LogP contribution in [0.1, 0.15) is 25.7 Å². The lowest BCUT2D eigenvalue weighted by Gasteiger charge is -2.22. The fourth-order valence-corrected chi connectivity index (χ4v) is 3.25. The van der Waals surface area contributed by atoms with Crippen LogP contribution in [0, 0.1) is 13.8 Å². The standard InChI is InChI=1S/C17H21NO3S/c1-12-10-16(22-13(12)2)17(20)18(8-9-19)11-14-6-4-5-7-15(14)21-3/h4-7,10,19H,8-9,11H2,1-3H3. The monoisotopic (exact) mass is 319 g/mol. The molecule has 4 nitrogen and oxygen atoms in total. The number of benzene rings is 1. The number of ether oxygens (including phenoxy) is 1. The lowest BCUT2D eigenvalue weighted by Crippen LogP contribution is -2.32. The number of aryl methyl sites for hydroxylation is 2. The number of nitrogens with zero attached hydrogens (tertiary/aromatic N) is 1. The molecule has 0 aliphatic heterocycles. The third kappa shape index (κ3) is 3.67. The van der Waals surface area contributed by atoms with Crippen LogP contribution in [-0.2, 0) is 6.54 Å². The maximum absolute atomic E-state index is 12.7. The minimum absolute atomic E-state index is 0.0545. The molecule has 1 amide bonds. The Labute approximate surface area is 135 Å². The molecule has 1 aromatic carbocycles. The second kappa shape index (κ2) is 7.42. The van der Waals surface area contributed by atoms with Crippen LogP contribution in [0.3, 0.4) is 0 Å². The Hall–Kier alpha value is -1.85. The number of carbonyl (C=O) groups is 1. The molecule has 2 aromatic rings. The number of para-hydroxylation sites is 1. The maximum Gasteiger partial charge on any atom is 0.264 e. The summed E-state index contributed by atoms with van der Waals surface area (Å²) in [7, 11) is 1.61. The molecular weight excluding hydrogens is 298 g/mol. The number of rotatable bonds is 6. The van der Waals surface area contributed by atoms with E-state index in [1.807, 2.05) is 44.2 Å². The van der Waals surface area contributed by atoms with E-state index in [4.69, 9.17) is 4.74 Å². The first-order valence-corrected chi connectivity index (χ1v) is 7.97. The van der Waals surface area contributed by atoms with E-state index in [2.05, 4.69) is 0 Å². The predicted octanol–water partition coefficient (Wildman–Crippen LogP) is 3.01. The van der Waals surface area contributed by atoms with E-state index in [0.717, 1.165) is 21.8 Å². The summed E-state index contributed by atoms with van der Waals surface area (Å²) < 4.78 is 5.34. The Morgan fingerprint density at radius 3 is 2.64 bits per heavy atom. The topological polar surface area (TPSA) is 49.8 Å². The summed E-state index contributed by atoms with van der Waals surface area (Å²) in [5, 5.41) is 9.28. The van der Waals surface area contributed by atoms with Crippen molar-refractivity contribution in [2.75, 3.05) is 20.3 Å². The van der Waals surface area contributed by atoms with Crippen LogP contribution in [0.2, 0.25) is 0 Å². The minimum atomic E-state index is -0.0652. The van der Waals surface area contributed by atoms with E-state index < -0.39 is 0 Å². The number of aliphatic hydroxyl groups excluding tert-OH is 1. The summed E-state index contributed by atoms with van der Waals surface area (Å²) in [6, 6.07) is 9.53. The molecule has 0 aliphatic rings. The molecule has 1 aromatic heterocycles. The van der Waals surface area contributed by atoms with E-state index in [0.29, 0.717) is 18.0 Å². The van der Waals surface area contributed by atoms with Gasteiger partial charge in [0, 0.05) is 23.5 Å². The molecule has 0 unspecified atom stereocenters. The average molecular weight is 319 g/mol. The van der Waals surface area contributed by atoms with Crippen LogP contribution in [0.15, 0.2) is 30.3 Å². The van der Waals surface area contributed by atoms with Crippen molar-refractivity contribution in [2.45, 2.75) is 20.4 Å². The molecule has 0 aliphatic carbocycles. The summed E-state index contributed by atoms with van der Waals surface area (Å²) in [6.45, 7) is 4.66. The van der Waals surface area contributed by atoms with Crippen molar-refractivity contribution >= 4 is 17.2 Å². The number of hydrogen-bond donors (Lipinski definition) is 1. The molecule has 0 radical (unpaired) electrons. The van der Waals surface area contributed by atoms with Crippen molar-refractivity contribution in [3.63, 3.8) is 0 Å². The summed E-state index contributed by atoms with van der Waals surface area (Å²) in [5.41, 5.74) is 2.05. The number of hydrogen-bond acceptors (Lipinski definition) is 4. The molecule has 22 heavy (non-hydrogen) atoms. The van der Waals surface area contributed by atoms with Gasteiger partial charge in [-0.25, -0.2) is 0 Å². The number of aliphatic hydroxyl groups is 1. The van der Waals surface area contributed by atoms with Gasteiger partial charge in [-0.3, -0.25) is 4.79 Å². The normalized spacial score (nSPS) is 10.5. The molecule has 118 valence electrons. The molecule has 0 bridgehead atoms. The zero-order valence-electron chi connectivity index (χ0n) is 13.1. The fraction of sp³-hybridized carbons (Fsp3) is 0.353. The Morgan fingerprint density at radius 2 is 2.05 bits per heavy atom.